The summed E-state index contributed by atoms with van der Waals surface area (Å²) in [6.45, 7) is 0. The molecule has 0 aromatic carbocycles. The van der Waals surface area contributed by atoms with E-state index < -0.39 is 5.97 Å². The van der Waals surface area contributed by atoms with Gasteiger partial charge >= 0.3 is 5.97 Å². The molecule has 1 saturated carbocycles. The molecule has 1 aliphatic carbocycles. The first-order valence-corrected chi connectivity index (χ1v) is 6.25. The predicted molar refractivity (Wildman–Crippen MR) is 59.1 cm³/mol. The van der Waals surface area contributed by atoms with Gasteiger partial charge in [-0.15, -0.1) is 0 Å². The lowest BCUT2D eigenvalue weighted by atomic mass is 10.3. The summed E-state index contributed by atoms with van der Waals surface area (Å²) in [7, 11) is 0. The maximum absolute atomic E-state index is 10.6. The molecule has 0 saturated heterocycles. The first-order chi connectivity index (χ1) is 7.16. The minimum Gasteiger partial charge on any atom is -0.481 e. The summed E-state index contributed by atoms with van der Waals surface area (Å²) >= 11 is 7.32. The third-order valence-corrected chi connectivity index (χ3v) is 3.80. The Labute approximate surface area is 96.8 Å². The largest absolute Gasteiger partial charge is 0.481 e. The van der Waals surface area contributed by atoms with Crippen LogP contribution in [-0.2, 0) is 10.5 Å². The fourth-order valence-electron chi connectivity index (χ4n) is 1.47. The van der Waals surface area contributed by atoms with E-state index in [9.17, 15) is 4.79 Å². The molecule has 82 valence electrons. The molecule has 15 heavy (non-hydrogen) atoms. The number of hydrogen-bond acceptors (Lipinski definition) is 3. The van der Waals surface area contributed by atoms with Crippen LogP contribution in [0.5, 0.6) is 0 Å². The Bertz CT molecular complexity index is 363. The van der Waals surface area contributed by atoms with Crippen LogP contribution < -0.4 is 0 Å². The molecule has 3 nitrogen and oxygen atoms in total. The van der Waals surface area contributed by atoms with E-state index in [1.54, 1.807) is 17.8 Å². The van der Waals surface area contributed by atoms with Gasteiger partial charge in [-0.1, -0.05) is 0 Å². The Morgan fingerprint density at radius 2 is 2.47 bits per heavy atom. The van der Waals surface area contributed by atoms with Crippen LogP contribution in [0.2, 0.25) is 5.22 Å². The molecule has 0 amide bonds. The van der Waals surface area contributed by atoms with E-state index >= 15 is 0 Å². The van der Waals surface area contributed by atoms with Gasteiger partial charge in [0.15, 0.2) is 5.22 Å². The Morgan fingerprint density at radius 1 is 1.67 bits per heavy atom. The smallest absolute Gasteiger partial charge is 0.306 e. The summed E-state index contributed by atoms with van der Waals surface area (Å²) in [6.07, 6.45) is 0.821. The molecule has 0 spiro atoms. The quantitative estimate of drug-likeness (QED) is 0.868. The topological polar surface area (TPSA) is 50.4 Å². The van der Waals surface area contributed by atoms with E-state index in [1.165, 1.54) is 0 Å². The van der Waals surface area contributed by atoms with Crippen molar-refractivity contribution in [2.45, 2.75) is 12.2 Å². The van der Waals surface area contributed by atoms with Crippen LogP contribution in [0.15, 0.2) is 16.5 Å². The van der Waals surface area contributed by atoms with E-state index in [1.807, 2.05) is 6.07 Å². The molecular formula is C10H11ClO3S. The van der Waals surface area contributed by atoms with Gasteiger partial charge in [0.05, 0.1) is 11.7 Å². The van der Waals surface area contributed by atoms with Crippen LogP contribution in [-0.4, -0.2) is 16.8 Å². The van der Waals surface area contributed by atoms with E-state index in [-0.39, 0.29) is 5.92 Å². The van der Waals surface area contributed by atoms with Gasteiger partial charge in [0.2, 0.25) is 0 Å². The highest BCUT2D eigenvalue weighted by Gasteiger charge is 2.42. The maximum atomic E-state index is 10.6. The zero-order chi connectivity index (χ0) is 10.8. The van der Waals surface area contributed by atoms with E-state index in [0.717, 1.165) is 23.7 Å². The van der Waals surface area contributed by atoms with Crippen molar-refractivity contribution in [3.05, 3.63) is 23.1 Å². The first kappa shape index (κ1) is 10.9. The zero-order valence-electron chi connectivity index (χ0n) is 7.98. The molecule has 1 heterocycles. The second-order valence-electron chi connectivity index (χ2n) is 3.66. The highest BCUT2D eigenvalue weighted by atomic mass is 35.5. The number of carboxylic acids is 1. The molecular weight excluding hydrogens is 236 g/mol. The normalized spacial score (nSPS) is 24.1. The van der Waals surface area contributed by atoms with Gasteiger partial charge in [0, 0.05) is 0 Å². The second-order valence-corrected chi connectivity index (χ2v) is 5.06. The van der Waals surface area contributed by atoms with Crippen molar-refractivity contribution in [2.75, 3.05) is 5.75 Å². The maximum Gasteiger partial charge on any atom is 0.306 e. The number of carbonyl (C=O) groups is 1. The van der Waals surface area contributed by atoms with Crippen LogP contribution in [0, 0.1) is 11.8 Å². The third-order valence-electron chi connectivity index (χ3n) is 2.44. The van der Waals surface area contributed by atoms with E-state index in [4.69, 9.17) is 21.1 Å². The summed E-state index contributed by atoms with van der Waals surface area (Å²) < 4.78 is 5.19. The number of furan rings is 1. The summed E-state index contributed by atoms with van der Waals surface area (Å²) in [5.41, 5.74) is 0. The van der Waals surface area contributed by atoms with Crippen LogP contribution in [0.3, 0.4) is 0 Å². The van der Waals surface area contributed by atoms with Crippen LogP contribution in [0.1, 0.15) is 12.2 Å². The van der Waals surface area contributed by atoms with Crippen LogP contribution in [0.25, 0.3) is 0 Å². The third kappa shape index (κ3) is 2.92. The fourth-order valence-corrected chi connectivity index (χ4v) is 2.78. The Kier molecular flexibility index (Phi) is 3.26. The van der Waals surface area contributed by atoms with Gasteiger partial charge in [-0.3, -0.25) is 4.79 Å². The lowest BCUT2D eigenvalue weighted by Crippen LogP contribution is -2.00. The van der Waals surface area contributed by atoms with Gasteiger partial charge in [0.1, 0.15) is 5.76 Å². The SMILES string of the molecule is O=C(O)[C@@H]1C[C@H]1CSCc1ccc(Cl)o1. The van der Waals surface area contributed by atoms with Gasteiger partial charge in [-0.2, -0.15) is 11.8 Å². The highest BCUT2D eigenvalue weighted by Crippen LogP contribution is 2.41. The molecule has 2 atom stereocenters. The first-order valence-electron chi connectivity index (χ1n) is 4.71. The molecule has 5 heteroatoms. The molecule has 1 aromatic rings. The van der Waals surface area contributed by atoms with Crippen molar-refractivity contribution < 1.29 is 14.3 Å². The molecule has 1 N–H and O–H groups in total. The van der Waals surface area contributed by atoms with E-state index in [0.29, 0.717) is 11.1 Å². The molecule has 0 bridgehead atoms. The fraction of sp³-hybridized carbons (Fsp3) is 0.500. The number of carboxylic acid groups (broad SMARTS) is 1. The van der Waals surface area contributed by atoms with Crippen molar-refractivity contribution in [2.24, 2.45) is 11.8 Å². The molecule has 0 unspecified atom stereocenters. The van der Waals surface area contributed by atoms with Crippen molar-refractivity contribution in [1.29, 1.82) is 0 Å². The Hall–Kier alpha value is -0.610. The lowest BCUT2D eigenvalue weighted by molar-refractivity contribution is -0.138. The number of aliphatic carboxylic acids is 1. The van der Waals surface area contributed by atoms with E-state index in [2.05, 4.69) is 0 Å². The summed E-state index contributed by atoms with van der Waals surface area (Å²) in [4.78, 5) is 10.6. The van der Waals surface area contributed by atoms with Crippen molar-refractivity contribution >= 4 is 29.3 Å². The summed E-state index contributed by atoms with van der Waals surface area (Å²) in [5, 5.41) is 9.10. The molecule has 0 radical (unpaired) electrons. The van der Waals surface area contributed by atoms with Crippen molar-refractivity contribution in [3.63, 3.8) is 0 Å². The van der Waals surface area contributed by atoms with Gasteiger partial charge in [-0.25, -0.2) is 0 Å². The van der Waals surface area contributed by atoms with Gasteiger partial charge in [0.25, 0.3) is 0 Å². The number of hydrogen-bond donors (Lipinski definition) is 1. The Morgan fingerprint density at radius 3 is 3.00 bits per heavy atom. The van der Waals surface area contributed by atoms with Crippen molar-refractivity contribution in [1.82, 2.24) is 0 Å². The summed E-state index contributed by atoms with van der Waals surface area (Å²) in [5.74, 6) is 2.06. The molecule has 1 fully saturated rings. The summed E-state index contributed by atoms with van der Waals surface area (Å²) in [6, 6.07) is 3.56. The minimum atomic E-state index is -0.665. The zero-order valence-corrected chi connectivity index (χ0v) is 9.55. The van der Waals surface area contributed by atoms with Gasteiger partial charge in [-0.05, 0) is 41.8 Å². The second kappa shape index (κ2) is 4.49. The monoisotopic (exact) mass is 246 g/mol. The number of halogens is 1. The average Bonchev–Trinajstić information content (AvgIpc) is 2.83. The Balaban J connectivity index is 1.66. The number of thioether (sulfide) groups is 1. The van der Waals surface area contributed by atoms with Crippen LogP contribution >= 0.6 is 23.4 Å². The van der Waals surface area contributed by atoms with Crippen LogP contribution in [0.4, 0.5) is 0 Å². The average molecular weight is 247 g/mol. The molecule has 1 aliphatic rings. The number of rotatable bonds is 5. The van der Waals surface area contributed by atoms with Crippen molar-refractivity contribution in [3.8, 4) is 0 Å². The molecule has 0 aliphatic heterocycles. The molecule has 1 aromatic heterocycles. The minimum absolute atomic E-state index is 0.113. The van der Waals surface area contributed by atoms with Gasteiger partial charge < -0.3 is 9.52 Å². The predicted octanol–water partition coefficient (Wildman–Crippen LogP) is 2.89. The highest BCUT2D eigenvalue weighted by molar-refractivity contribution is 7.98. The molecule has 2 rings (SSSR count). The lowest BCUT2D eigenvalue weighted by Gasteiger charge is -1.97. The standard InChI is InChI=1S/C10H11ClO3S/c11-9-2-1-7(14-9)5-15-4-6-3-8(6)10(12)13/h1-2,6,8H,3-5H2,(H,12,13)/t6-,8+/m0/s1.